The van der Waals surface area contributed by atoms with Crippen LogP contribution in [0.1, 0.15) is 24.2 Å². The molecule has 1 atom stereocenters. The zero-order valence-electron chi connectivity index (χ0n) is 11.3. The van der Waals surface area contributed by atoms with Crippen molar-refractivity contribution in [1.29, 1.82) is 0 Å². The van der Waals surface area contributed by atoms with Gasteiger partial charge in [-0.1, -0.05) is 24.3 Å². The fourth-order valence-electron chi connectivity index (χ4n) is 2.09. The Labute approximate surface area is 117 Å². The van der Waals surface area contributed by atoms with Gasteiger partial charge in [-0.2, -0.15) is 0 Å². The molecule has 1 aromatic heterocycles. The van der Waals surface area contributed by atoms with E-state index in [1.165, 1.54) is 6.07 Å². The van der Waals surface area contributed by atoms with Crippen molar-refractivity contribution in [3.8, 4) is 0 Å². The van der Waals surface area contributed by atoms with Crippen molar-refractivity contribution in [2.75, 3.05) is 6.54 Å². The lowest BCUT2D eigenvalue weighted by Crippen LogP contribution is -2.22. The molecule has 1 aromatic carbocycles. The highest BCUT2D eigenvalue weighted by atomic mass is 16.6. The third-order valence-corrected chi connectivity index (χ3v) is 3.16. The number of nitrogens with zero attached hydrogens (tertiary/aromatic N) is 2. The molecule has 0 saturated heterocycles. The van der Waals surface area contributed by atoms with Gasteiger partial charge in [0.1, 0.15) is 0 Å². The molecule has 1 N–H and O–H groups in total. The molecule has 0 amide bonds. The smallest absolute Gasteiger partial charge is 0.274 e. The Morgan fingerprint density at radius 1 is 1.25 bits per heavy atom. The quantitative estimate of drug-likeness (QED) is 0.648. The van der Waals surface area contributed by atoms with Gasteiger partial charge in [0.05, 0.1) is 4.92 Å². The number of para-hydroxylation sites is 1. The average molecular weight is 271 g/mol. The van der Waals surface area contributed by atoms with Crippen molar-refractivity contribution in [3.63, 3.8) is 0 Å². The number of aromatic nitrogens is 1. The zero-order valence-corrected chi connectivity index (χ0v) is 11.3. The molecule has 1 unspecified atom stereocenters. The van der Waals surface area contributed by atoms with Crippen LogP contribution >= 0.6 is 0 Å². The zero-order chi connectivity index (χ0) is 14.4. The first-order valence-electron chi connectivity index (χ1n) is 6.55. The van der Waals surface area contributed by atoms with Crippen LogP contribution in [0.4, 0.5) is 5.69 Å². The van der Waals surface area contributed by atoms with Gasteiger partial charge in [-0.3, -0.25) is 15.1 Å². The predicted molar refractivity (Wildman–Crippen MR) is 77.5 cm³/mol. The lowest BCUT2D eigenvalue weighted by atomic mass is 10.1. The van der Waals surface area contributed by atoms with Gasteiger partial charge in [-0.25, -0.2) is 0 Å². The van der Waals surface area contributed by atoms with Crippen LogP contribution in [0.5, 0.6) is 0 Å². The minimum absolute atomic E-state index is 0.0692. The monoisotopic (exact) mass is 271 g/mol. The van der Waals surface area contributed by atoms with E-state index in [1.807, 2.05) is 31.2 Å². The molecule has 1 heterocycles. The Morgan fingerprint density at radius 2 is 2.00 bits per heavy atom. The van der Waals surface area contributed by atoms with Crippen molar-refractivity contribution in [2.24, 2.45) is 0 Å². The molecule has 0 fully saturated rings. The Morgan fingerprint density at radius 3 is 2.70 bits per heavy atom. The van der Waals surface area contributed by atoms with Crippen molar-refractivity contribution >= 4 is 5.69 Å². The average Bonchev–Trinajstić information content (AvgIpc) is 2.48. The fourth-order valence-corrected chi connectivity index (χ4v) is 2.09. The molecule has 0 bridgehead atoms. The molecule has 5 heteroatoms. The number of hydrogen-bond donors (Lipinski definition) is 1. The summed E-state index contributed by atoms with van der Waals surface area (Å²) in [4.78, 5) is 14.9. The second-order valence-corrected chi connectivity index (χ2v) is 4.56. The molecular weight excluding hydrogens is 254 g/mol. The highest BCUT2D eigenvalue weighted by Gasteiger charge is 2.17. The predicted octanol–water partition coefficient (Wildman–Crippen LogP) is 2.88. The van der Waals surface area contributed by atoms with E-state index in [1.54, 1.807) is 18.3 Å². The number of rotatable bonds is 6. The first kappa shape index (κ1) is 14.1. The summed E-state index contributed by atoms with van der Waals surface area (Å²) < 4.78 is 0. The van der Waals surface area contributed by atoms with Crippen LogP contribution in [0, 0.1) is 10.1 Å². The Balaban J connectivity index is 1.95. The highest BCUT2D eigenvalue weighted by molar-refractivity contribution is 5.41. The summed E-state index contributed by atoms with van der Waals surface area (Å²) in [6.45, 7) is 2.66. The maximum absolute atomic E-state index is 11.0. The summed E-state index contributed by atoms with van der Waals surface area (Å²) >= 11 is 0. The second-order valence-electron chi connectivity index (χ2n) is 4.56. The van der Waals surface area contributed by atoms with E-state index in [-0.39, 0.29) is 16.7 Å². The summed E-state index contributed by atoms with van der Waals surface area (Å²) in [5.74, 6) is 0. The minimum Gasteiger partial charge on any atom is -0.310 e. The Hall–Kier alpha value is -2.27. The van der Waals surface area contributed by atoms with Gasteiger partial charge >= 0.3 is 0 Å². The van der Waals surface area contributed by atoms with Crippen LogP contribution in [0.3, 0.4) is 0 Å². The van der Waals surface area contributed by atoms with E-state index in [9.17, 15) is 10.1 Å². The van der Waals surface area contributed by atoms with E-state index < -0.39 is 0 Å². The van der Waals surface area contributed by atoms with Crippen LogP contribution in [0.25, 0.3) is 0 Å². The van der Waals surface area contributed by atoms with Crippen LogP contribution in [0.15, 0.2) is 48.7 Å². The first-order valence-corrected chi connectivity index (χ1v) is 6.55. The first-order chi connectivity index (χ1) is 9.68. The summed E-state index contributed by atoms with van der Waals surface area (Å²) in [6, 6.07) is 12.6. The fraction of sp³-hybridized carbons (Fsp3) is 0.267. The van der Waals surface area contributed by atoms with E-state index in [2.05, 4.69) is 10.3 Å². The van der Waals surface area contributed by atoms with Crippen LogP contribution in [-0.4, -0.2) is 16.5 Å². The van der Waals surface area contributed by atoms with E-state index in [0.717, 1.165) is 18.7 Å². The SMILES string of the molecule is CC(NCCc1ccccn1)c1ccccc1[N+](=O)[O-]. The third kappa shape index (κ3) is 3.61. The molecule has 20 heavy (non-hydrogen) atoms. The summed E-state index contributed by atoms with van der Waals surface area (Å²) in [6.07, 6.45) is 2.56. The van der Waals surface area contributed by atoms with Gasteiger partial charge in [0.15, 0.2) is 0 Å². The molecule has 0 aliphatic heterocycles. The van der Waals surface area contributed by atoms with Crippen LogP contribution in [-0.2, 0) is 6.42 Å². The molecule has 5 nitrogen and oxygen atoms in total. The highest BCUT2D eigenvalue weighted by Crippen LogP contribution is 2.24. The molecule has 104 valence electrons. The normalized spacial score (nSPS) is 12.1. The van der Waals surface area contributed by atoms with E-state index in [4.69, 9.17) is 0 Å². The summed E-state index contributed by atoms with van der Waals surface area (Å²) in [5, 5.41) is 14.3. The number of nitro groups is 1. The lowest BCUT2D eigenvalue weighted by Gasteiger charge is -2.14. The van der Waals surface area contributed by atoms with Crippen molar-refractivity contribution in [3.05, 3.63) is 70.0 Å². The molecule has 2 aromatic rings. The summed E-state index contributed by atoms with van der Waals surface area (Å²) in [7, 11) is 0. The molecule has 0 saturated carbocycles. The molecule has 0 spiro atoms. The van der Waals surface area contributed by atoms with Crippen molar-refractivity contribution in [2.45, 2.75) is 19.4 Å². The van der Waals surface area contributed by atoms with Crippen molar-refractivity contribution < 1.29 is 4.92 Å². The topological polar surface area (TPSA) is 68.1 Å². The second kappa shape index (κ2) is 6.77. The third-order valence-electron chi connectivity index (χ3n) is 3.16. The summed E-state index contributed by atoms with van der Waals surface area (Å²) in [5.41, 5.74) is 1.87. The maximum atomic E-state index is 11.0. The number of nitrogens with one attached hydrogen (secondary N) is 1. The van der Waals surface area contributed by atoms with Gasteiger partial charge in [0.2, 0.25) is 0 Å². The maximum Gasteiger partial charge on any atom is 0.274 e. The number of pyridine rings is 1. The molecule has 0 radical (unpaired) electrons. The largest absolute Gasteiger partial charge is 0.310 e. The number of hydrogen-bond acceptors (Lipinski definition) is 4. The number of benzene rings is 1. The van der Waals surface area contributed by atoms with Gasteiger partial charge in [-0.15, -0.1) is 0 Å². The number of nitro benzene ring substituents is 1. The van der Waals surface area contributed by atoms with Gasteiger partial charge < -0.3 is 5.32 Å². The molecule has 0 aliphatic carbocycles. The van der Waals surface area contributed by atoms with Gasteiger partial charge in [-0.05, 0) is 19.1 Å². The van der Waals surface area contributed by atoms with Crippen LogP contribution in [0.2, 0.25) is 0 Å². The molecular formula is C15H17N3O2. The van der Waals surface area contributed by atoms with Crippen LogP contribution < -0.4 is 5.32 Å². The molecule has 2 rings (SSSR count). The Bertz CT molecular complexity index is 572. The Kier molecular flexibility index (Phi) is 4.79. The van der Waals surface area contributed by atoms with E-state index >= 15 is 0 Å². The minimum atomic E-state index is -0.341. The van der Waals surface area contributed by atoms with Gasteiger partial charge in [0.25, 0.3) is 5.69 Å². The van der Waals surface area contributed by atoms with Gasteiger partial charge in [0, 0.05) is 42.5 Å². The standard InChI is InChI=1S/C15H17N3O2/c1-12(14-7-2-3-8-15(14)18(19)20)16-11-9-13-6-4-5-10-17-13/h2-8,10,12,16H,9,11H2,1H3. The lowest BCUT2D eigenvalue weighted by molar-refractivity contribution is -0.385. The van der Waals surface area contributed by atoms with E-state index in [0.29, 0.717) is 5.56 Å². The molecule has 0 aliphatic rings. The van der Waals surface area contributed by atoms with Crippen molar-refractivity contribution in [1.82, 2.24) is 10.3 Å².